The monoisotopic (exact) mass is 423 g/mol. The number of aryl methyl sites for hydroxylation is 1. The molecule has 6 nitrogen and oxygen atoms in total. The van der Waals surface area contributed by atoms with Gasteiger partial charge in [-0.2, -0.15) is 0 Å². The van der Waals surface area contributed by atoms with Gasteiger partial charge in [0.05, 0.1) is 19.9 Å². The molecule has 154 valence electrons. The molecule has 3 aromatic rings. The van der Waals surface area contributed by atoms with Gasteiger partial charge in [0.2, 0.25) is 5.91 Å². The molecule has 1 aliphatic heterocycles. The fourth-order valence-corrected chi connectivity index (χ4v) is 5.11. The number of amides is 1. The molecular formula is C23H21NO5S. The molecule has 0 spiro atoms. The number of methoxy groups -OCH3 is 2. The maximum atomic E-state index is 12.7. The summed E-state index contributed by atoms with van der Waals surface area (Å²) < 4.78 is 11.0. The highest BCUT2D eigenvalue weighted by Gasteiger charge is 2.36. The molecular weight excluding hydrogens is 402 g/mol. The van der Waals surface area contributed by atoms with Gasteiger partial charge >= 0.3 is 5.97 Å². The van der Waals surface area contributed by atoms with E-state index in [2.05, 4.69) is 5.32 Å². The number of para-hydroxylation sites is 1. The minimum absolute atomic E-state index is 0.166. The molecule has 1 amide bonds. The van der Waals surface area contributed by atoms with Crippen molar-refractivity contribution >= 4 is 28.9 Å². The summed E-state index contributed by atoms with van der Waals surface area (Å²) in [4.78, 5) is 25.7. The van der Waals surface area contributed by atoms with E-state index >= 15 is 0 Å². The van der Waals surface area contributed by atoms with Gasteiger partial charge in [0.15, 0.2) is 11.5 Å². The van der Waals surface area contributed by atoms with Crippen molar-refractivity contribution in [2.75, 3.05) is 19.5 Å². The van der Waals surface area contributed by atoms with Crippen LogP contribution in [-0.4, -0.2) is 31.2 Å². The predicted molar refractivity (Wildman–Crippen MR) is 116 cm³/mol. The number of thiophene rings is 1. The molecule has 30 heavy (non-hydrogen) atoms. The number of anilines is 1. The van der Waals surface area contributed by atoms with Crippen molar-refractivity contribution in [3.05, 3.63) is 63.3 Å². The van der Waals surface area contributed by atoms with Crippen LogP contribution in [0.25, 0.3) is 11.1 Å². The Labute approximate surface area is 178 Å². The Morgan fingerprint density at radius 3 is 2.50 bits per heavy atom. The topological polar surface area (TPSA) is 84.9 Å². The first kappa shape index (κ1) is 20.0. The van der Waals surface area contributed by atoms with E-state index in [0.29, 0.717) is 22.7 Å². The number of carbonyl (C=O) groups excluding carboxylic acids is 1. The molecule has 0 fully saturated rings. The van der Waals surface area contributed by atoms with E-state index < -0.39 is 5.97 Å². The molecule has 1 aromatic heterocycles. The highest BCUT2D eigenvalue weighted by atomic mass is 32.1. The number of carbonyl (C=O) groups is 2. The summed E-state index contributed by atoms with van der Waals surface area (Å²) in [6.45, 7) is 1.97. The van der Waals surface area contributed by atoms with Crippen molar-refractivity contribution in [2.45, 2.75) is 19.3 Å². The number of fused-ring (bicyclic) bond motifs is 1. The third-order valence-corrected chi connectivity index (χ3v) is 6.54. The molecule has 0 aliphatic carbocycles. The molecule has 0 bridgehead atoms. The van der Waals surface area contributed by atoms with Crippen LogP contribution in [0.2, 0.25) is 0 Å². The van der Waals surface area contributed by atoms with Crippen molar-refractivity contribution < 1.29 is 24.2 Å². The highest BCUT2D eigenvalue weighted by Crippen LogP contribution is 2.51. The van der Waals surface area contributed by atoms with E-state index in [9.17, 15) is 14.7 Å². The quantitative estimate of drug-likeness (QED) is 0.609. The second kappa shape index (κ2) is 7.84. The Morgan fingerprint density at radius 1 is 1.13 bits per heavy atom. The Kier molecular flexibility index (Phi) is 5.22. The summed E-state index contributed by atoms with van der Waals surface area (Å²) in [6.07, 6.45) is 0.198. The molecule has 0 saturated carbocycles. The number of ether oxygens (including phenoxy) is 2. The highest BCUT2D eigenvalue weighted by molar-refractivity contribution is 7.15. The average Bonchev–Trinajstić information content (AvgIpc) is 3.12. The summed E-state index contributed by atoms with van der Waals surface area (Å²) in [5.74, 6) is -0.402. The SMILES string of the molecule is COc1cccc(C2CC(=O)Nc3c2sc(C(=O)O)c3-c2ccc(C)cc2)c1OC. The molecule has 7 heteroatoms. The zero-order chi connectivity index (χ0) is 21.4. The van der Waals surface area contributed by atoms with E-state index in [1.165, 1.54) is 11.3 Å². The van der Waals surface area contributed by atoms with Crippen molar-refractivity contribution in [3.63, 3.8) is 0 Å². The fraction of sp³-hybridized carbons (Fsp3) is 0.217. The number of nitrogens with one attached hydrogen (secondary N) is 1. The van der Waals surface area contributed by atoms with Crippen LogP contribution in [0.15, 0.2) is 42.5 Å². The Hall–Kier alpha value is -3.32. The zero-order valence-corrected chi connectivity index (χ0v) is 17.6. The number of aromatic carboxylic acids is 1. The first-order valence-electron chi connectivity index (χ1n) is 9.42. The van der Waals surface area contributed by atoms with Gasteiger partial charge in [-0.3, -0.25) is 4.79 Å². The number of hydrogen-bond donors (Lipinski definition) is 2. The maximum absolute atomic E-state index is 12.7. The molecule has 1 unspecified atom stereocenters. The number of hydrogen-bond acceptors (Lipinski definition) is 5. The van der Waals surface area contributed by atoms with Crippen LogP contribution >= 0.6 is 11.3 Å². The lowest BCUT2D eigenvalue weighted by Crippen LogP contribution is -2.22. The minimum Gasteiger partial charge on any atom is -0.493 e. The first-order valence-corrected chi connectivity index (χ1v) is 10.2. The molecule has 2 aromatic carbocycles. The number of rotatable bonds is 5. The van der Waals surface area contributed by atoms with Crippen LogP contribution in [0.4, 0.5) is 5.69 Å². The summed E-state index contributed by atoms with van der Waals surface area (Å²) in [5.41, 5.74) is 3.73. The summed E-state index contributed by atoms with van der Waals surface area (Å²) >= 11 is 1.20. The predicted octanol–water partition coefficient (Wildman–Crippen LogP) is 4.91. The Bertz CT molecular complexity index is 1130. The average molecular weight is 423 g/mol. The first-order chi connectivity index (χ1) is 14.4. The smallest absolute Gasteiger partial charge is 0.346 e. The van der Waals surface area contributed by atoms with Crippen LogP contribution in [0.5, 0.6) is 11.5 Å². The number of carboxylic acid groups (broad SMARTS) is 1. The van der Waals surface area contributed by atoms with Crippen LogP contribution in [0, 0.1) is 6.92 Å². The van der Waals surface area contributed by atoms with E-state index in [-0.39, 0.29) is 23.1 Å². The van der Waals surface area contributed by atoms with Gasteiger partial charge in [-0.1, -0.05) is 42.0 Å². The summed E-state index contributed by atoms with van der Waals surface area (Å²) in [5, 5.41) is 12.8. The minimum atomic E-state index is -1.02. The van der Waals surface area contributed by atoms with Gasteiger partial charge in [0.25, 0.3) is 0 Å². The Morgan fingerprint density at radius 2 is 1.87 bits per heavy atom. The largest absolute Gasteiger partial charge is 0.493 e. The van der Waals surface area contributed by atoms with Crippen LogP contribution in [-0.2, 0) is 4.79 Å². The summed E-state index contributed by atoms with van der Waals surface area (Å²) in [7, 11) is 3.11. The van der Waals surface area contributed by atoms with Gasteiger partial charge < -0.3 is 19.9 Å². The second-order valence-corrected chi connectivity index (χ2v) is 8.16. The van der Waals surface area contributed by atoms with Gasteiger partial charge in [0.1, 0.15) is 4.88 Å². The van der Waals surface area contributed by atoms with Crippen LogP contribution < -0.4 is 14.8 Å². The molecule has 0 radical (unpaired) electrons. The molecule has 1 aliphatic rings. The van der Waals surface area contributed by atoms with E-state index in [1.54, 1.807) is 20.3 Å². The van der Waals surface area contributed by atoms with E-state index in [4.69, 9.17) is 9.47 Å². The van der Waals surface area contributed by atoms with Crippen molar-refractivity contribution in [2.24, 2.45) is 0 Å². The van der Waals surface area contributed by atoms with Crippen molar-refractivity contribution in [3.8, 4) is 22.6 Å². The second-order valence-electron chi connectivity index (χ2n) is 7.10. The molecule has 1 atom stereocenters. The van der Waals surface area contributed by atoms with Gasteiger partial charge in [-0.25, -0.2) is 4.79 Å². The normalized spacial score (nSPS) is 15.3. The molecule has 2 N–H and O–H groups in total. The van der Waals surface area contributed by atoms with Gasteiger partial charge in [-0.05, 0) is 18.6 Å². The van der Waals surface area contributed by atoms with Crippen LogP contribution in [0.3, 0.4) is 0 Å². The molecule has 4 rings (SSSR count). The third kappa shape index (κ3) is 3.31. The van der Waals surface area contributed by atoms with Gasteiger partial charge in [0, 0.05) is 28.3 Å². The van der Waals surface area contributed by atoms with E-state index in [0.717, 1.165) is 21.6 Å². The maximum Gasteiger partial charge on any atom is 0.346 e. The lowest BCUT2D eigenvalue weighted by atomic mass is 9.88. The number of benzene rings is 2. The van der Waals surface area contributed by atoms with Crippen molar-refractivity contribution in [1.29, 1.82) is 0 Å². The van der Waals surface area contributed by atoms with Crippen molar-refractivity contribution in [1.82, 2.24) is 0 Å². The van der Waals surface area contributed by atoms with Crippen LogP contribution in [0.1, 0.15) is 38.0 Å². The number of carboxylic acids is 1. The third-order valence-electron chi connectivity index (χ3n) is 5.25. The lowest BCUT2D eigenvalue weighted by Gasteiger charge is -2.25. The van der Waals surface area contributed by atoms with Gasteiger partial charge in [-0.15, -0.1) is 11.3 Å². The molecule has 0 saturated heterocycles. The van der Waals surface area contributed by atoms with E-state index in [1.807, 2.05) is 43.3 Å². The zero-order valence-electron chi connectivity index (χ0n) is 16.8. The lowest BCUT2D eigenvalue weighted by molar-refractivity contribution is -0.116. The standard InChI is InChI=1S/C23H21NO5S/c1-12-7-9-13(10-8-12)18-19-21(30-22(18)23(26)27)15(11-17(25)24-19)14-5-4-6-16(28-2)20(14)29-3/h4-10,15H,11H2,1-3H3,(H,24,25)(H,26,27). The summed E-state index contributed by atoms with van der Waals surface area (Å²) in [6, 6.07) is 13.1. The Balaban J connectivity index is 1.95. The fourth-order valence-electron chi connectivity index (χ4n) is 3.87. The molecule has 2 heterocycles.